The van der Waals surface area contributed by atoms with E-state index in [4.69, 9.17) is 14.2 Å². The van der Waals surface area contributed by atoms with Crippen molar-refractivity contribution in [3.05, 3.63) is 65.2 Å². The lowest BCUT2D eigenvalue weighted by atomic mass is 10.1. The number of fused-ring (bicyclic) bond motifs is 1. The molecule has 1 aliphatic heterocycles. The summed E-state index contributed by atoms with van der Waals surface area (Å²) in [4.78, 5) is 11.8. The Labute approximate surface area is 135 Å². The monoisotopic (exact) mass is 310 g/mol. The van der Waals surface area contributed by atoms with E-state index in [-0.39, 0.29) is 12.6 Å². The largest absolute Gasteiger partial charge is 0.486 e. The van der Waals surface area contributed by atoms with E-state index in [9.17, 15) is 4.79 Å². The number of ether oxygens (including phenoxy) is 3. The summed E-state index contributed by atoms with van der Waals surface area (Å²) in [5.41, 5.74) is 2.98. The Kier molecular flexibility index (Phi) is 4.62. The molecule has 0 amide bonds. The SMILES string of the molecule is Cc1cccc(COC(=O)/C=C/c2ccc3c(c2)OCCO3)c1. The van der Waals surface area contributed by atoms with Gasteiger partial charge < -0.3 is 14.2 Å². The maximum atomic E-state index is 11.8. The Balaban J connectivity index is 1.58. The molecule has 0 unspecified atom stereocenters. The fourth-order valence-corrected chi connectivity index (χ4v) is 2.33. The molecule has 0 bridgehead atoms. The summed E-state index contributed by atoms with van der Waals surface area (Å²) in [5.74, 6) is 1.06. The van der Waals surface area contributed by atoms with Gasteiger partial charge in [-0.1, -0.05) is 35.9 Å². The number of rotatable bonds is 4. The maximum absolute atomic E-state index is 11.8. The molecule has 4 heteroatoms. The first-order chi connectivity index (χ1) is 11.2. The van der Waals surface area contributed by atoms with Crippen LogP contribution in [-0.2, 0) is 16.1 Å². The lowest BCUT2D eigenvalue weighted by Crippen LogP contribution is -2.15. The average molecular weight is 310 g/mol. The summed E-state index contributed by atoms with van der Waals surface area (Å²) in [6.07, 6.45) is 3.12. The van der Waals surface area contributed by atoms with Crippen molar-refractivity contribution in [2.45, 2.75) is 13.5 Å². The Morgan fingerprint density at radius 1 is 1.13 bits per heavy atom. The molecular formula is C19H18O4. The zero-order valence-electron chi connectivity index (χ0n) is 13.0. The van der Waals surface area contributed by atoms with Crippen molar-refractivity contribution in [2.24, 2.45) is 0 Å². The highest BCUT2D eigenvalue weighted by atomic mass is 16.6. The molecule has 0 saturated heterocycles. The van der Waals surface area contributed by atoms with Gasteiger partial charge in [0, 0.05) is 6.08 Å². The number of benzene rings is 2. The minimum Gasteiger partial charge on any atom is -0.486 e. The summed E-state index contributed by atoms with van der Waals surface area (Å²) in [6.45, 7) is 3.38. The molecule has 0 radical (unpaired) electrons. The third-order valence-corrected chi connectivity index (χ3v) is 3.44. The predicted molar refractivity (Wildman–Crippen MR) is 87.4 cm³/mol. The van der Waals surface area contributed by atoms with E-state index < -0.39 is 0 Å². The summed E-state index contributed by atoms with van der Waals surface area (Å²) in [5, 5.41) is 0. The van der Waals surface area contributed by atoms with E-state index in [1.807, 2.05) is 49.4 Å². The molecular weight excluding hydrogens is 292 g/mol. The smallest absolute Gasteiger partial charge is 0.331 e. The van der Waals surface area contributed by atoms with Crippen LogP contribution >= 0.6 is 0 Å². The van der Waals surface area contributed by atoms with Crippen LogP contribution < -0.4 is 9.47 Å². The first-order valence-electron chi connectivity index (χ1n) is 7.51. The zero-order valence-corrected chi connectivity index (χ0v) is 13.0. The Morgan fingerprint density at radius 3 is 2.78 bits per heavy atom. The van der Waals surface area contributed by atoms with Crippen molar-refractivity contribution in [3.63, 3.8) is 0 Å². The fourth-order valence-electron chi connectivity index (χ4n) is 2.33. The summed E-state index contributed by atoms with van der Waals surface area (Å²) >= 11 is 0. The van der Waals surface area contributed by atoms with E-state index in [1.54, 1.807) is 6.08 Å². The van der Waals surface area contributed by atoms with Gasteiger partial charge in [0.1, 0.15) is 19.8 Å². The molecule has 2 aromatic rings. The number of aryl methyl sites for hydroxylation is 1. The zero-order chi connectivity index (χ0) is 16.1. The van der Waals surface area contributed by atoms with Crippen LogP contribution in [0.25, 0.3) is 6.08 Å². The van der Waals surface area contributed by atoms with Gasteiger partial charge in [0.15, 0.2) is 11.5 Å². The van der Waals surface area contributed by atoms with Crippen molar-refractivity contribution in [1.29, 1.82) is 0 Å². The van der Waals surface area contributed by atoms with Crippen molar-refractivity contribution in [1.82, 2.24) is 0 Å². The average Bonchev–Trinajstić information content (AvgIpc) is 2.58. The minimum absolute atomic E-state index is 0.270. The number of carbonyl (C=O) groups is 1. The molecule has 3 rings (SSSR count). The molecule has 0 N–H and O–H groups in total. The van der Waals surface area contributed by atoms with Gasteiger partial charge >= 0.3 is 5.97 Å². The van der Waals surface area contributed by atoms with Crippen molar-refractivity contribution >= 4 is 12.0 Å². The number of esters is 1. The molecule has 1 aliphatic rings. The lowest BCUT2D eigenvalue weighted by Gasteiger charge is -2.18. The number of carbonyl (C=O) groups excluding carboxylic acids is 1. The molecule has 0 aromatic heterocycles. The molecule has 23 heavy (non-hydrogen) atoms. The topological polar surface area (TPSA) is 44.8 Å². The van der Waals surface area contributed by atoms with Gasteiger partial charge in [-0.05, 0) is 36.3 Å². The molecule has 0 aliphatic carbocycles. The minimum atomic E-state index is -0.374. The van der Waals surface area contributed by atoms with Crippen LogP contribution in [0.15, 0.2) is 48.5 Å². The highest BCUT2D eigenvalue weighted by molar-refractivity contribution is 5.87. The highest BCUT2D eigenvalue weighted by Gasteiger charge is 2.10. The van der Waals surface area contributed by atoms with E-state index >= 15 is 0 Å². The van der Waals surface area contributed by atoms with Crippen LogP contribution in [0.1, 0.15) is 16.7 Å². The molecule has 118 valence electrons. The van der Waals surface area contributed by atoms with Gasteiger partial charge in [0.05, 0.1) is 0 Å². The second-order valence-electron chi connectivity index (χ2n) is 5.33. The standard InChI is InChI=1S/C19H18O4/c1-14-3-2-4-16(11-14)13-23-19(20)8-6-15-5-7-17-18(12-15)22-10-9-21-17/h2-8,11-12H,9-10,13H2,1H3/b8-6+. The molecule has 1 heterocycles. The van der Waals surface area contributed by atoms with Crippen LogP contribution in [0, 0.1) is 6.92 Å². The first-order valence-corrected chi connectivity index (χ1v) is 7.51. The van der Waals surface area contributed by atoms with Gasteiger partial charge in [0.2, 0.25) is 0 Å². The third-order valence-electron chi connectivity index (χ3n) is 3.44. The number of hydrogen-bond donors (Lipinski definition) is 0. The van der Waals surface area contributed by atoms with Gasteiger partial charge in [-0.25, -0.2) is 4.79 Å². The third kappa shape index (κ3) is 4.13. The molecule has 0 spiro atoms. The van der Waals surface area contributed by atoms with Crippen molar-refractivity contribution in [3.8, 4) is 11.5 Å². The maximum Gasteiger partial charge on any atom is 0.331 e. The van der Waals surface area contributed by atoms with Crippen LogP contribution in [-0.4, -0.2) is 19.2 Å². The first kappa shape index (κ1) is 15.2. The van der Waals surface area contributed by atoms with Crippen molar-refractivity contribution in [2.75, 3.05) is 13.2 Å². The van der Waals surface area contributed by atoms with Gasteiger partial charge in [-0.2, -0.15) is 0 Å². The fraction of sp³-hybridized carbons (Fsp3) is 0.211. The molecule has 0 atom stereocenters. The van der Waals surface area contributed by atoms with E-state index in [2.05, 4.69) is 0 Å². The second-order valence-corrected chi connectivity index (χ2v) is 5.33. The normalized spacial score (nSPS) is 13.1. The summed E-state index contributed by atoms with van der Waals surface area (Å²) in [6, 6.07) is 13.4. The summed E-state index contributed by atoms with van der Waals surface area (Å²) in [7, 11) is 0. The Morgan fingerprint density at radius 2 is 1.96 bits per heavy atom. The van der Waals surface area contributed by atoms with E-state index in [1.165, 1.54) is 6.08 Å². The van der Waals surface area contributed by atoms with Crippen LogP contribution in [0.2, 0.25) is 0 Å². The Bertz CT molecular complexity index is 734. The van der Waals surface area contributed by atoms with Crippen LogP contribution in [0.5, 0.6) is 11.5 Å². The highest BCUT2D eigenvalue weighted by Crippen LogP contribution is 2.31. The lowest BCUT2D eigenvalue weighted by molar-refractivity contribution is -0.138. The Hall–Kier alpha value is -2.75. The van der Waals surface area contributed by atoms with E-state index in [0.29, 0.717) is 19.0 Å². The van der Waals surface area contributed by atoms with Gasteiger partial charge in [-0.15, -0.1) is 0 Å². The predicted octanol–water partition coefficient (Wildman–Crippen LogP) is 3.52. The summed E-state index contributed by atoms with van der Waals surface area (Å²) < 4.78 is 16.2. The number of hydrogen-bond acceptors (Lipinski definition) is 4. The van der Waals surface area contributed by atoms with Crippen molar-refractivity contribution < 1.29 is 19.0 Å². The molecule has 2 aromatic carbocycles. The molecule has 0 fully saturated rings. The van der Waals surface area contributed by atoms with Gasteiger partial charge in [-0.3, -0.25) is 0 Å². The second kappa shape index (κ2) is 7.01. The molecule has 0 saturated carbocycles. The van der Waals surface area contributed by atoms with Gasteiger partial charge in [0.25, 0.3) is 0 Å². The molecule has 4 nitrogen and oxygen atoms in total. The van der Waals surface area contributed by atoms with Crippen LogP contribution in [0.4, 0.5) is 0 Å². The quantitative estimate of drug-likeness (QED) is 0.640. The van der Waals surface area contributed by atoms with Crippen LogP contribution in [0.3, 0.4) is 0 Å². The van der Waals surface area contributed by atoms with E-state index in [0.717, 1.165) is 22.4 Å².